The molecule has 0 radical (unpaired) electrons. The highest BCUT2D eigenvalue weighted by atomic mass is 35.5. The first-order valence-corrected chi connectivity index (χ1v) is 5.87. The van der Waals surface area contributed by atoms with Gasteiger partial charge in [0, 0.05) is 16.0 Å². The van der Waals surface area contributed by atoms with Gasteiger partial charge in [-0.15, -0.1) is 0 Å². The summed E-state index contributed by atoms with van der Waals surface area (Å²) in [6.07, 6.45) is 1.68. The lowest BCUT2D eigenvalue weighted by Gasteiger charge is -2.03. The minimum atomic E-state index is 0.493. The molecule has 0 N–H and O–H groups in total. The summed E-state index contributed by atoms with van der Waals surface area (Å²) in [7, 11) is 0. The zero-order chi connectivity index (χ0) is 10.7. The molecular formula is C11H7Cl2NS. The Balaban J connectivity index is 2.26. The largest absolute Gasteiger partial charge is 0.244 e. The summed E-state index contributed by atoms with van der Waals surface area (Å²) in [5.41, 5.74) is 0. The van der Waals surface area contributed by atoms with Crippen molar-refractivity contribution < 1.29 is 0 Å². The lowest BCUT2D eigenvalue weighted by molar-refractivity contribution is 1.26. The highest BCUT2D eigenvalue weighted by molar-refractivity contribution is 7.99. The minimum Gasteiger partial charge on any atom is -0.244 e. The highest BCUT2D eigenvalue weighted by Crippen LogP contribution is 2.33. The summed E-state index contributed by atoms with van der Waals surface area (Å²) < 4.78 is 0. The van der Waals surface area contributed by atoms with Crippen LogP contribution >= 0.6 is 35.0 Å². The summed E-state index contributed by atoms with van der Waals surface area (Å²) in [4.78, 5) is 5.97. The molecule has 0 fully saturated rings. The van der Waals surface area contributed by atoms with Gasteiger partial charge in [0.25, 0.3) is 0 Å². The number of hydrogen-bond donors (Lipinski definition) is 0. The number of aromatic nitrogens is 1. The average Bonchev–Trinajstić information content (AvgIpc) is 2.22. The van der Waals surface area contributed by atoms with Crippen LogP contribution in [0.25, 0.3) is 0 Å². The van der Waals surface area contributed by atoms with Crippen molar-refractivity contribution in [3.8, 4) is 0 Å². The Kier molecular flexibility index (Phi) is 3.52. The van der Waals surface area contributed by atoms with Crippen LogP contribution in [0.5, 0.6) is 0 Å². The van der Waals surface area contributed by atoms with Crippen molar-refractivity contribution in [2.24, 2.45) is 0 Å². The van der Waals surface area contributed by atoms with E-state index in [1.54, 1.807) is 18.0 Å². The number of halogens is 2. The van der Waals surface area contributed by atoms with E-state index in [1.807, 2.05) is 36.4 Å². The first-order chi connectivity index (χ1) is 7.25. The summed E-state index contributed by atoms with van der Waals surface area (Å²) in [5, 5.41) is 1.24. The predicted octanol–water partition coefficient (Wildman–Crippen LogP) is 4.54. The molecule has 1 heterocycles. The van der Waals surface area contributed by atoms with Gasteiger partial charge in [-0.2, -0.15) is 0 Å². The Hall–Kier alpha value is -0.700. The molecule has 0 saturated heterocycles. The van der Waals surface area contributed by atoms with Crippen LogP contribution in [0, 0.1) is 0 Å². The van der Waals surface area contributed by atoms with Crippen molar-refractivity contribution in [3.05, 3.63) is 52.8 Å². The summed E-state index contributed by atoms with van der Waals surface area (Å²) in [6, 6.07) is 11.4. The summed E-state index contributed by atoms with van der Waals surface area (Å²) in [5.74, 6) is 0. The molecule has 0 amide bonds. The van der Waals surface area contributed by atoms with E-state index in [0.717, 1.165) is 14.8 Å². The molecule has 2 rings (SSSR count). The third kappa shape index (κ3) is 2.88. The lowest BCUT2D eigenvalue weighted by Crippen LogP contribution is -1.77. The van der Waals surface area contributed by atoms with Gasteiger partial charge in [0.05, 0.1) is 5.02 Å². The van der Waals surface area contributed by atoms with E-state index in [9.17, 15) is 0 Å². The van der Waals surface area contributed by atoms with Gasteiger partial charge in [0.15, 0.2) is 0 Å². The van der Waals surface area contributed by atoms with Crippen molar-refractivity contribution in [1.82, 2.24) is 4.98 Å². The van der Waals surface area contributed by atoms with E-state index < -0.39 is 0 Å². The van der Waals surface area contributed by atoms with E-state index in [0.29, 0.717) is 5.15 Å². The van der Waals surface area contributed by atoms with Gasteiger partial charge in [-0.05, 0) is 24.3 Å². The fourth-order valence-electron chi connectivity index (χ4n) is 1.10. The van der Waals surface area contributed by atoms with Crippen LogP contribution in [0.2, 0.25) is 10.2 Å². The van der Waals surface area contributed by atoms with Crippen LogP contribution in [-0.2, 0) is 0 Å². The highest BCUT2D eigenvalue weighted by Gasteiger charge is 2.02. The van der Waals surface area contributed by atoms with E-state index in [2.05, 4.69) is 4.98 Å². The second-order valence-electron chi connectivity index (χ2n) is 2.85. The zero-order valence-electron chi connectivity index (χ0n) is 7.65. The molecule has 0 unspecified atom stereocenters. The molecule has 0 atom stereocenters. The molecule has 2 aromatic rings. The zero-order valence-corrected chi connectivity index (χ0v) is 9.98. The maximum atomic E-state index is 6.04. The maximum absolute atomic E-state index is 6.04. The third-order valence-electron chi connectivity index (χ3n) is 1.76. The lowest BCUT2D eigenvalue weighted by atomic mass is 10.4. The van der Waals surface area contributed by atoms with Crippen LogP contribution in [0.3, 0.4) is 0 Å². The molecule has 0 saturated carbocycles. The summed E-state index contributed by atoms with van der Waals surface area (Å²) in [6.45, 7) is 0. The standard InChI is InChI=1S/C11H7Cl2NS/c12-9-3-1-2-4-10(9)15-8-5-6-14-11(13)7-8/h1-7H. The van der Waals surface area contributed by atoms with Gasteiger partial charge in [-0.25, -0.2) is 4.98 Å². The van der Waals surface area contributed by atoms with E-state index in [-0.39, 0.29) is 0 Å². The molecular weight excluding hydrogens is 249 g/mol. The monoisotopic (exact) mass is 255 g/mol. The first kappa shape index (κ1) is 10.8. The van der Waals surface area contributed by atoms with Gasteiger partial charge in [0.1, 0.15) is 5.15 Å². The van der Waals surface area contributed by atoms with Crippen molar-refractivity contribution in [2.75, 3.05) is 0 Å². The summed E-state index contributed by atoms with van der Waals surface area (Å²) >= 11 is 13.4. The molecule has 0 spiro atoms. The molecule has 0 aliphatic rings. The van der Waals surface area contributed by atoms with Crippen molar-refractivity contribution in [1.29, 1.82) is 0 Å². The van der Waals surface area contributed by atoms with Crippen LogP contribution in [0.15, 0.2) is 52.4 Å². The SMILES string of the molecule is Clc1cc(Sc2ccccc2Cl)ccn1. The number of rotatable bonds is 2. The second kappa shape index (κ2) is 4.88. The first-order valence-electron chi connectivity index (χ1n) is 4.29. The fraction of sp³-hybridized carbons (Fsp3) is 0. The molecule has 0 aliphatic heterocycles. The molecule has 1 aromatic carbocycles. The van der Waals surface area contributed by atoms with Crippen molar-refractivity contribution in [2.45, 2.75) is 9.79 Å². The molecule has 15 heavy (non-hydrogen) atoms. The second-order valence-corrected chi connectivity index (χ2v) is 4.76. The van der Waals surface area contributed by atoms with Gasteiger partial charge in [-0.3, -0.25) is 0 Å². The average molecular weight is 256 g/mol. The Morgan fingerprint density at radius 2 is 1.87 bits per heavy atom. The minimum absolute atomic E-state index is 0.493. The third-order valence-corrected chi connectivity index (χ3v) is 3.48. The van der Waals surface area contributed by atoms with Gasteiger partial charge >= 0.3 is 0 Å². The number of benzene rings is 1. The van der Waals surface area contributed by atoms with E-state index >= 15 is 0 Å². The van der Waals surface area contributed by atoms with E-state index in [1.165, 1.54) is 0 Å². The number of hydrogen-bond acceptors (Lipinski definition) is 2. The van der Waals surface area contributed by atoms with Crippen molar-refractivity contribution in [3.63, 3.8) is 0 Å². The molecule has 0 aliphatic carbocycles. The predicted molar refractivity (Wildman–Crippen MR) is 64.8 cm³/mol. The molecule has 0 bridgehead atoms. The van der Waals surface area contributed by atoms with Crippen LogP contribution in [-0.4, -0.2) is 4.98 Å². The smallest absolute Gasteiger partial charge is 0.130 e. The Morgan fingerprint density at radius 3 is 2.60 bits per heavy atom. The van der Waals surface area contributed by atoms with Crippen LogP contribution in [0.4, 0.5) is 0 Å². The van der Waals surface area contributed by atoms with Gasteiger partial charge in [-0.1, -0.05) is 47.1 Å². The molecule has 4 heteroatoms. The molecule has 1 nitrogen and oxygen atoms in total. The van der Waals surface area contributed by atoms with Crippen LogP contribution < -0.4 is 0 Å². The molecule has 76 valence electrons. The van der Waals surface area contributed by atoms with Gasteiger partial charge in [0.2, 0.25) is 0 Å². The topological polar surface area (TPSA) is 12.9 Å². The van der Waals surface area contributed by atoms with E-state index in [4.69, 9.17) is 23.2 Å². The Morgan fingerprint density at radius 1 is 1.07 bits per heavy atom. The number of nitrogens with zero attached hydrogens (tertiary/aromatic N) is 1. The fourth-order valence-corrected chi connectivity index (χ4v) is 2.46. The quantitative estimate of drug-likeness (QED) is 0.731. The molecule has 1 aromatic heterocycles. The normalized spacial score (nSPS) is 10.3. The number of pyridine rings is 1. The Labute approximate surface area is 102 Å². The Bertz CT molecular complexity index is 474. The maximum Gasteiger partial charge on any atom is 0.130 e. The van der Waals surface area contributed by atoms with Crippen LogP contribution in [0.1, 0.15) is 0 Å². The van der Waals surface area contributed by atoms with Crippen molar-refractivity contribution >= 4 is 35.0 Å². The van der Waals surface area contributed by atoms with Gasteiger partial charge < -0.3 is 0 Å².